The van der Waals surface area contributed by atoms with Gasteiger partial charge in [0.15, 0.2) is 0 Å². The number of amides is 3. The number of nitrogens with zero attached hydrogens (tertiary/aromatic N) is 1. The summed E-state index contributed by atoms with van der Waals surface area (Å²) in [7, 11) is 1.62. The van der Waals surface area contributed by atoms with E-state index in [0.717, 1.165) is 19.3 Å². The van der Waals surface area contributed by atoms with Gasteiger partial charge >= 0.3 is 0 Å². The topological polar surface area (TPSA) is 87.7 Å². The Kier molecular flexibility index (Phi) is 8.10. The Morgan fingerprint density at radius 3 is 2.40 bits per heavy atom. The van der Waals surface area contributed by atoms with Gasteiger partial charge in [-0.3, -0.25) is 14.4 Å². The molecule has 1 aromatic carbocycles. The fraction of sp³-hybridized carbons (Fsp3) is 0.591. The highest BCUT2D eigenvalue weighted by atomic mass is 35.5. The van der Waals surface area contributed by atoms with E-state index in [2.05, 4.69) is 10.6 Å². The molecule has 1 aliphatic heterocycles. The van der Waals surface area contributed by atoms with Crippen LogP contribution in [0.2, 0.25) is 5.02 Å². The van der Waals surface area contributed by atoms with E-state index in [0.29, 0.717) is 49.7 Å². The van der Waals surface area contributed by atoms with Crippen LogP contribution in [0.4, 0.5) is 0 Å². The molecule has 1 heterocycles. The minimum Gasteiger partial charge on any atom is -0.385 e. The molecule has 2 N–H and O–H groups in total. The number of hydrogen-bond donors (Lipinski definition) is 2. The maximum Gasteiger partial charge on any atom is 0.253 e. The monoisotopic (exact) mass is 435 g/mol. The Bertz CT molecular complexity index is 743. The molecular weight excluding hydrogens is 406 g/mol. The molecule has 2 aliphatic rings. The van der Waals surface area contributed by atoms with Crippen molar-refractivity contribution >= 4 is 29.3 Å². The van der Waals surface area contributed by atoms with Gasteiger partial charge in [-0.1, -0.05) is 11.6 Å². The minimum atomic E-state index is -0.562. The van der Waals surface area contributed by atoms with Crippen LogP contribution in [0.1, 0.15) is 42.5 Å². The third-order valence-corrected chi connectivity index (χ3v) is 5.99. The molecule has 8 heteroatoms. The molecule has 1 atom stereocenters. The van der Waals surface area contributed by atoms with Crippen molar-refractivity contribution in [1.82, 2.24) is 15.5 Å². The van der Waals surface area contributed by atoms with Crippen molar-refractivity contribution in [2.24, 2.45) is 11.8 Å². The number of methoxy groups -OCH3 is 1. The van der Waals surface area contributed by atoms with Crippen LogP contribution in [-0.2, 0) is 14.3 Å². The maximum atomic E-state index is 12.8. The van der Waals surface area contributed by atoms with Crippen LogP contribution in [0.15, 0.2) is 24.3 Å². The number of hydrogen-bond acceptors (Lipinski definition) is 4. The average molecular weight is 436 g/mol. The highest BCUT2D eigenvalue weighted by Crippen LogP contribution is 2.30. The number of likely N-dealkylation sites (tertiary alicyclic amines) is 1. The predicted octanol–water partition coefficient (Wildman–Crippen LogP) is 2.24. The second-order valence-corrected chi connectivity index (χ2v) is 8.47. The van der Waals surface area contributed by atoms with Gasteiger partial charge in [-0.25, -0.2) is 0 Å². The lowest BCUT2D eigenvalue weighted by atomic mass is 9.88. The fourth-order valence-electron chi connectivity index (χ4n) is 3.76. The van der Waals surface area contributed by atoms with E-state index in [1.807, 2.05) is 0 Å². The second kappa shape index (κ2) is 10.8. The normalized spacial score (nSPS) is 18.0. The zero-order chi connectivity index (χ0) is 21.5. The lowest BCUT2D eigenvalue weighted by Gasteiger charge is -2.36. The standard InChI is InChI=1S/C22H30ClN3O4/c1-30-14-2-11-24-21(28)19(25-20(27)16-3-4-16)15-9-12-26(13-10-15)22(29)17-5-7-18(23)8-6-17/h5-8,15-16,19H,2-4,9-14H2,1H3,(H,24,28)(H,25,27)/t19-/m1/s1. The molecule has 7 nitrogen and oxygen atoms in total. The van der Waals surface area contributed by atoms with Crippen LogP contribution in [-0.4, -0.2) is 62.0 Å². The summed E-state index contributed by atoms with van der Waals surface area (Å²) in [5.41, 5.74) is 0.604. The third kappa shape index (κ3) is 6.19. The zero-order valence-corrected chi connectivity index (χ0v) is 18.1. The van der Waals surface area contributed by atoms with Crippen molar-refractivity contribution in [2.45, 2.75) is 38.1 Å². The number of halogens is 1. The summed E-state index contributed by atoms with van der Waals surface area (Å²) >= 11 is 5.90. The summed E-state index contributed by atoms with van der Waals surface area (Å²) in [4.78, 5) is 39.7. The average Bonchev–Trinajstić information content (AvgIpc) is 3.60. The van der Waals surface area contributed by atoms with Gasteiger partial charge in [0.05, 0.1) is 0 Å². The van der Waals surface area contributed by atoms with Crippen LogP contribution < -0.4 is 10.6 Å². The molecule has 0 unspecified atom stereocenters. The predicted molar refractivity (Wildman–Crippen MR) is 114 cm³/mol. The largest absolute Gasteiger partial charge is 0.385 e. The van der Waals surface area contributed by atoms with Crippen LogP contribution in [0.5, 0.6) is 0 Å². The number of carbonyl (C=O) groups excluding carboxylic acids is 3. The van der Waals surface area contributed by atoms with Gasteiger partial charge < -0.3 is 20.3 Å². The summed E-state index contributed by atoms with van der Waals surface area (Å²) < 4.78 is 5.02. The van der Waals surface area contributed by atoms with Crippen LogP contribution in [0.3, 0.4) is 0 Å². The molecule has 1 saturated carbocycles. The molecule has 164 valence electrons. The Balaban J connectivity index is 1.57. The van der Waals surface area contributed by atoms with Gasteiger partial charge in [0, 0.05) is 49.9 Å². The number of nitrogens with one attached hydrogen (secondary N) is 2. The van der Waals surface area contributed by atoms with Crippen molar-refractivity contribution in [2.75, 3.05) is 33.4 Å². The van der Waals surface area contributed by atoms with Gasteiger partial charge in [-0.2, -0.15) is 0 Å². The zero-order valence-electron chi connectivity index (χ0n) is 17.4. The van der Waals surface area contributed by atoms with Gasteiger partial charge in [0.1, 0.15) is 6.04 Å². The Morgan fingerprint density at radius 2 is 1.80 bits per heavy atom. The van der Waals surface area contributed by atoms with Crippen molar-refractivity contribution in [3.8, 4) is 0 Å². The third-order valence-electron chi connectivity index (χ3n) is 5.74. The van der Waals surface area contributed by atoms with E-state index >= 15 is 0 Å². The molecule has 3 rings (SSSR count). The lowest BCUT2D eigenvalue weighted by Crippen LogP contribution is -2.54. The van der Waals surface area contributed by atoms with Gasteiger partial charge in [0.2, 0.25) is 11.8 Å². The maximum absolute atomic E-state index is 12.8. The van der Waals surface area contributed by atoms with E-state index in [-0.39, 0.29) is 29.6 Å². The van der Waals surface area contributed by atoms with Crippen molar-refractivity contribution in [3.05, 3.63) is 34.9 Å². The highest BCUT2D eigenvalue weighted by molar-refractivity contribution is 6.30. The molecule has 1 aliphatic carbocycles. The quantitative estimate of drug-likeness (QED) is 0.582. The van der Waals surface area contributed by atoms with Crippen molar-refractivity contribution in [1.29, 1.82) is 0 Å². The first-order valence-electron chi connectivity index (χ1n) is 10.6. The second-order valence-electron chi connectivity index (χ2n) is 8.03. The molecule has 0 spiro atoms. The molecule has 30 heavy (non-hydrogen) atoms. The van der Waals surface area contributed by atoms with Crippen LogP contribution in [0.25, 0.3) is 0 Å². The summed E-state index contributed by atoms with van der Waals surface area (Å²) in [6.07, 6.45) is 3.84. The Labute approximate surface area is 182 Å². The SMILES string of the molecule is COCCCNC(=O)[C@H](NC(=O)C1CC1)C1CCN(C(=O)c2ccc(Cl)cc2)CC1. The molecule has 3 amide bonds. The first-order chi connectivity index (χ1) is 14.5. The first-order valence-corrected chi connectivity index (χ1v) is 11.0. The minimum absolute atomic E-state index is 0.00407. The smallest absolute Gasteiger partial charge is 0.253 e. The van der Waals surface area contributed by atoms with E-state index < -0.39 is 6.04 Å². The number of rotatable bonds is 9. The lowest BCUT2D eigenvalue weighted by molar-refractivity contribution is -0.131. The molecule has 0 radical (unpaired) electrons. The van der Waals surface area contributed by atoms with E-state index in [9.17, 15) is 14.4 Å². The number of benzene rings is 1. The molecule has 2 fully saturated rings. The molecule has 1 saturated heterocycles. The number of carbonyl (C=O) groups is 3. The summed E-state index contributed by atoms with van der Waals surface area (Å²) in [6, 6.07) is 6.30. The van der Waals surface area contributed by atoms with E-state index in [4.69, 9.17) is 16.3 Å². The van der Waals surface area contributed by atoms with Crippen LogP contribution >= 0.6 is 11.6 Å². The summed E-state index contributed by atoms with van der Waals surface area (Å²) in [5.74, 6) is -0.174. The molecular formula is C22H30ClN3O4. The van der Waals surface area contributed by atoms with Gasteiger partial charge in [0.25, 0.3) is 5.91 Å². The van der Waals surface area contributed by atoms with E-state index in [1.54, 1.807) is 36.3 Å². The summed E-state index contributed by atoms with van der Waals surface area (Å²) in [5, 5.41) is 6.48. The molecule has 0 aromatic heterocycles. The van der Waals surface area contributed by atoms with Gasteiger partial charge in [-0.15, -0.1) is 0 Å². The number of piperidine rings is 1. The Hall–Kier alpha value is -2.12. The molecule has 1 aromatic rings. The highest BCUT2D eigenvalue weighted by Gasteiger charge is 2.37. The van der Waals surface area contributed by atoms with Crippen molar-refractivity contribution in [3.63, 3.8) is 0 Å². The van der Waals surface area contributed by atoms with Crippen molar-refractivity contribution < 1.29 is 19.1 Å². The molecule has 0 bridgehead atoms. The number of ether oxygens (including phenoxy) is 1. The fourth-order valence-corrected chi connectivity index (χ4v) is 3.89. The summed E-state index contributed by atoms with van der Waals surface area (Å²) in [6.45, 7) is 2.19. The Morgan fingerprint density at radius 1 is 1.13 bits per heavy atom. The van der Waals surface area contributed by atoms with Crippen LogP contribution in [0, 0.1) is 11.8 Å². The first kappa shape index (κ1) is 22.6. The van der Waals surface area contributed by atoms with Gasteiger partial charge in [-0.05, 0) is 62.3 Å². The van der Waals surface area contributed by atoms with E-state index in [1.165, 1.54) is 0 Å².